The van der Waals surface area contributed by atoms with Gasteiger partial charge >= 0.3 is 5.97 Å². The van der Waals surface area contributed by atoms with Crippen LogP contribution in [0.1, 0.15) is 36.9 Å². The average Bonchev–Trinajstić information content (AvgIpc) is 3.23. The fraction of sp³-hybridized carbons (Fsp3) is 0.368. The minimum absolute atomic E-state index is 0.181. The van der Waals surface area contributed by atoms with E-state index in [2.05, 4.69) is 20.2 Å². The number of sulfonamides is 1. The highest BCUT2D eigenvalue weighted by atomic mass is 32.2. The second-order valence-electron chi connectivity index (χ2n) is 6.68. The number of unbranched alkanes of at least 4 members (excludes halogenated alkanes) is 2. The van der Waals surface area contributed by atoms with Crippen LogP contribution in [0.15, 0.2) is 44.7 Å². The third kappa shape index (κ3) is 5.66. The van der Waals surface area contributed by atoms with Crippen molar-refractivity contribution >= 4 is 33.6 Å². The third-order valence-electron chi connectivity index (χ3n) is 4.23. The number of aromatic nitrogens is 1. The van der Waals surface area contributed by atoms with E-state index in [0.29, 0.717) is 42.9 Å². The molecule has 1 aliphatic rings. The van der Waals surface area contributed by atoms with E-state index in [1.165, 1.54) is 0 Å². The van der Waals surface area contributed by atoms with Crippen LogP contribution in [0.25, 0.3) is 0 Å². The zero-order valence-corrected chi connectivity index (χ0v) is 17.2. The number of carbonyl (C=O) groups is 2. The summed E-state index contributed by atoms with van der Waals surface area (Å²) in [4.78, 5) is 27.9. The van der Waals surface area contributed by atoms with E-state index >= 15 is 0 Å². The molecule has 0 fully saturated rings. The molecule has 1 aromatic carbocycles. The Kier molecular flexibility index (Phi) is 6.83. The van der Waals surface area contributed by atoms with Gasteiger partial charge in [-0.05, 0) is 31.9 Å². The number of aliphatic imine (C=N–C) groups is 1. The highest BCUT2D eigenvalue weighted by molar-refractivity contribution is 7.90. The lowest BCUT2D eigenvalue weighted by molar-refractivity contribution is -0.147. The number of rotatable bonds is 9. The Morgan fingerprint density at radius 3 is 2.80 bits per heavy atom. The Balaban J connectivity index is 1.31. The van der Waals surface area contributed by atoms with Crippen LogP contribution in [-0.4, -0.2) is 44.4 Å². The lowest BCUT2D eigenvalue weighted by Crippen LogP contribution is -2.22. The summed E-state index contributed by atoms with van der Waals surface area (Å²) in [5.74, 6) is -0.433. The summed E-state index contributed by atoms with van der Waals surface area (Å²) in [5, 5.41) is 6.07. The second kappa shape index (κ2) is 9.53. The standard InChI is InChI=1S/C19H22N4O6S/c1-13-11-17(29-22-13)21-16(24)12-28-18(25)9-3-2-6-10-20-19-14-7-4-5-8-15(14)30(26,27)23-19/h4-5,7-8,11H,2-3,6,9-10,12H2,1H3,(H,20,23)(H,21,24). The summed E-state index contributed by atoms with van der Waals surface area (Å²) in [6.07, 6.45) is 2.16. The maximum absolute atomic E-state index is 12.0. The van der Waals surface area contributed by atoms with Gasteiger partial charge in [0.05, 0.1) is 10.6 Å². The molecule has 0 saturated carbocycles. The molecule has 11 heteroatoms. The molecule has 0 radical (unpaired) electrons. The van der Waals surface area contributed by atoms with Crippen LogP contribution in [0.4, 0.5) is 5.88 Å². The van der Waals surface area contributed by atoms with Crippen LogP contribution in [-0.2, 0) is 24.3 Å². The molecule has 3 rings (SSSR count). The summed E-state index contributed by atoms with van der Waals surface area (Å²) in [7, 11) is -3.53. The predicted molar refractivity (Wildman–Crippen MR) is 107 cm³/mol. The fourth-order valence-corrected chi connectivity index (χ4v) is 4.07. The molecule has 0 atom stereocenters. The van der Waals surface area contributed by atoms with Crippen molar-refractivity contribution in [2.75, 3.05) is 18.5 Å². The summed E-state index contributed by atoms with van der Waals surface area (Å²) in [5.41, 5.74) is 1.20. The quantitative estimate of drug-likeness (QED) is 0.453. The van der Waals surface area contributed by atoms with Crippen LogP contribution >= 0.6 is 0 Å². The van der Waals surface area contributed by atoms with Gasteiger partial charge in [-0.3, -0.25) is 24.6 Å². The minimum Gasteiger partial charge on any atom is -0.456 e. The monoisotopic (exact) mass is 434 g/mol. The molecule has 0 bridgehead atoms. The lowest BCUT2D eigenvalue weighted by atomic mass is 10.2. The first kappa shape index (κ1) is 21.5. The normalized spacial score (nSPS) is 15.4. The van der Waals surface area contributed by atoms with Gasteiger partial charge in [-0.25, -0.2) is 8.42 Å². The molecule has 0 aliphatic carbocycles. The van der Waals surface area contributed by atoms with E-state index in [0.717, 1.165) is 0 Å². The molecule has 160 valence electrons. The van der Waals surface area contributed by atoms with Crippen molar-refractivity contribution < 1.29 is 27.3 Å². The number of nitrogens with zero attached hydrogens (tertiary/aromatic N) is 2. The number of carbonyl (C=O) groups excluding carboxylic acids is 2. The molecule has 1 aliphatic heterocycles. The van der Waals surface area contributed by atoms with E-state index in [1.807, 2.05) is 0 Å². The van der Waals surface area contributed by atoms with Crippen LogP contribution in [0.2, 0.25) is 0 Å². The Bertz CT molecular complexity index is 1060. The minimum atomic E-state index is -3.53. The highest BCUT2D eigenvalue weighted by Crippen LogP contribution is 2.22. The maximum Gasteiger partial charge on any atom is 0.306 e. The largest absolute Gasteiger partial charge is 0.456 e. The number of amides is 1. The van der Waals surface area contributed by atoms with Gasteiger partial charge in [0.25, 0.3) is 15.9 Å². The van der Waals surface area contributed by atoms with Gasteiger partial charge in [-0.2, -0.15) is 0 Å². The lowest BCUT2D eigenvalue weighted by Gasteiger charge is -2.04. The third-order valence-corrected chi connectivity index (χ3v) is 5.62. The van der Waals surface area contributed by atoms with Gasteiger partial charge in [0.15, 0.2) is 6.61 Å². The molecule has 30 heavy (non-hydrogen) atoms. The van der Waals surface area contributed by atoms with Crippen LogP contribution < -0.4 is 10.0 Å². The number of hydrogen-bond donors (Lipinski definition) is 2. The number of benzene rings is 1. The van der Waals surface area contributed by atoms with Gasteiger partial charge in [0.2, 0.25) is 5.88 Å². The average molecular weight is 434 g/mol. The summed E-state index contributed by atoms with van der Waals surface area (Å²) >= 11 is 0. The smallest absolute Gasteiger partial charge is 0.306 e. The zero-order chi connectivity index (χ0) is 21.6. The topological polar surface area (TPSA) is 140 Å². The molecule has 0 saturated heterocycles. The van der Waals surface area contributed by atoms with Crippen LogP contribution in [0.3, 0.4) is 0 Å². The van der Waals surface area contributed by atoms with Crippen molar-refractivity contribution in [2.24, 2.45) is 4.99 Å². The fourth-order valence-electron chi connectivity index (χ4n) is 2.81. The highest BCUT2D eigenvalue weighted by Gasteiger charge is 2.29. The SMILES string of the molecule is Cc1cc(NC(=O)COC(=O)CCCCCN=C2NS(=O)(=O)c3ccccc32)on1. The van der Waals surface area contributed by atoms with Gasteiger partial charge in [-0.1, -0.05) is 23.7 Å². The van der Waals surface area contributed by atoms with E-state index in [4.69, 9.17) is 9.26 Å². The number of aryl methyl sites for hydroxylation is 1. The van der Waals surface area contributed by atoms with Gasteiger partial charge in [0, 0.05) is 24.6 Å². The van der Waals surface area contributed by atoms with Gasteiger partial charge < -0.3 is 9.26 Å². The van der Waals surface area contributed by atoms with Crippen LogP contribution in [0, 0.1) is 6.92 Å². The molecular weight excluding hydrogens is 412 g/mol. The summed E-state index contributed by atoms with van der Waals surface area (Å²) in [6.45, 7) is 1.75. The summed E-state index contributed by atoms with van der Waals surface area (Å²) in [6, 6.07) is 8.23. The first-order valence-corrected chi connectivity index (χ1v) is 10.9. The van der Waals surface area contributed by atoms with E-state index in [1.54, 1.807) is 37.3 Å². The number of ether oxygens (including phenoxy) is 1. The van der Waals surface area contributed by atoms with E-state index in [-0.39, 0.29) is 17.2 Å². The zero-order valence-electron chi connectivity index (χ0n) is 16.4. The predicted octanol–water partition coefficient (Wildman–Crippen LogP) is 1.76. The van der Waals surface area contributed by atoms with E-state index in [9.17, 15) is 18.0 Å². The number of amidine groups is 1. The van der Waals surface area contributed by atoms with Crippen molar-refractivity contribution in [3.8, 4) is 0 Å². The van der Waals surface area contributed by atoms with Crippen molar-refractivity contribution in [1.82, 2.24) is 9.88 Å². The van der Waals surface area contributed by atoms with Crippen molar-refractivity contribution in [3.05, 3.63) is 41.6 Å². The number of hydrogen-bond acceptors (Lipinski definition) is 8. The number of nitrogens with one attached hydrogen (secondary N) is 2. The van der Waals surface area contributed by atoms with Gasteiger partial charge in [-0.15, -0.1) is 0 Å². The molecule has 10 nitrogen and oxygen atoms in total. The first-order chi connectivity index (χ1) is 14.3. The Morgan fingerprint density at radius 1 is 1.23 bits per heavy atom. The van der Waals surface area contributed by atoms with E-state index < -0.39 is 28.5 Å². The Morgan fingerprint density at radius 2 is 2.03 bits per heavy atom. The molecule has 1 amide bonds. The first-order valence-electron chi connectivity index (χ1n) is 9.40. The maximum atomic E-state index is 12.0. The summed E-state index contributed by atoms with van der Waals surface area (Å²) < 4.78 is 36.2. The molecule has 0 spiro atoms. The Hall–Kier alpha value is -3.21. The number of esters is 1. The van der Waals surface area contributed by atoms with Crippen molar-refractivity contribution in [2.45, 2.75) is 37.5 Å². The molecule has 2 heterocycles. The molecule has 0 unspecified atom stereocenters. The number of fused-ring (bicyclic) bond motifs is 1. The molecule has 2 aromatic rings. The molecular formula is C19H22N4O6S. The van der Waals surface area contributed by atoms with Crippen molar-refractivity contribution in [3.63, 3.8) is 0 Å². The molecule has 2 N–H and O–H groups in total. The van der Waals surface area contributed by atoms with Crippen LogP contribution in [0.5, 0.6) is 0 Å². The second-order valence-corrected chi connectivity index (χ2v) is 8.33. The number of anilines is 1. The van der Waals surface area contributed by atoms with Gasteiger partial charge in [0.1, 0.15) is 5.84 Å². The Labute approximate surface area is 173 Å². The molecule has 1 aromatic heterocycles. The van der Waals surface area contributed by atoms with Crippen molar-refractivity contribution in [1.29, 1.82) is 0 Å².